The summed E-state index contributed by atoms with van der Waals surface area (Å²) in [7, 11) is 2.61. The molecule has 7 nitrogen and oxygen atoms in total. The number of hydrogen-bond donors (Lipinski definition) is 0. The lowest BCUT2D eigenvalue weighted by atomic mass is 9.69. The average molecular weight is 499 g/mol. The van der Waals surface area contributed by atoms with Crippen molar-refractivity contribution in [3.05, 3.63) is 119 Å². The van der Waals surface area contributed by atoms with Gasteiger partial charge in [0.2, 0.25) is 5.76 Å². The van der Waals surface area contributed by atoms with E-state index in [4.69, 9.17) is 14.3 Å². The number of esters is 2. The van der Waals surface area contributed by atoms with E-state index >= 15 is 0 Å². The van der Waals surface area contributed by atoms with E-state index in [0.29, 0.717) is 26.2 Å². The van der Waals surface area contributed by atoms with Gasteiger partial charge in [0.05, 0.1) is 20.9 Å². The van der Waals surface area contributed by atoms with Crippen molar-refractivity contribution in [1.82, 2.24) is 9.96 Å². The number of benzene rings is 3. The molecule has 0 N–H and O–H groups in total. The Bertz CT molecular complexity index is 1280. The minimum atomic E-state index is -0.994. The van der Waals surface area contributed by atoms with Crippen molar-refractivity contribution < 1.29 is 23.9 Å². The van der Waals surface area contributed by atoms with Crippen molar-refractivity contribution in [2.24, 2.45) is 0 Å². The van der Waals surface area contributed by atoms with E-state index in [9.17, 15) is 9.59 Å². The number of fused-ring (bicyclic) bond motifs is 1. The molecule has 0 amide bonds. The smallest absolute Gasteiger partial charge is 0.376 e. The molecular formula is C30H30N2O5. The molecule has 2 aliphatic heterocycles. The van der Waals surface area contributed by atoms with Crippen LogP contribution in [0.1, 0.15) is 22.6 Å². The standard InChI is InChI=1S/C30H30N2O5/c1-35-28(33)26-27(29(34)36-2)37-32-21-31(19-23-14-8-4-9-15-23)20-25(24-16-10-5-11-17-24)30(26,32)18-22-12-6-3-7-13-22/h3-17,25H,18-21H2,1-2H3. The van der Waals surface area contributed by atoms with E-state index in [0.717, 1.165) is 11.1 Å². The van der Waals surface area contributed by atoms with Crippen LogP contribution in [0.3, 0.4) is 0 Å². The zero-order chi connectivity index (χ0) is 25.8. The fourth-order valence-electron chi connectivity index (χ4n) is 5.54. The third kappa shape index (κ3) is 4.63. The van der Waals surface area contributed by atoms with Crippen LogP contribution in [0.15, 0.2) is 102 Å². The summed E-state index contributed by atoms with van der Waals surface area (Å²) in [6.45, 7) is 1.71. The third-order valence-corrected chi connectivity index (χ3v) is 7.18. The average Bonchev–Trinajstić information content (AvgIpc) is 3.27. The molecule has 0 aliphatic carbocycles. The fourth-order valence-corrected chi connectivity index (χ4v) is 5.54. The summed E-state index contributed by atoms with van der Waals surface area (Å²) >= 11 is 0. The molecule has 0 aromatic heterocycles. The molecule has 37 heavy (non-hydrogen) atoms. The predicted molar refractivity (Wildman–Crippen MR) is 138 cm³/mol. The van der Waals surface area contributed by atoms with Crippen molar-refractivity contribution in [2.75, 3.05) is 27.4 Å². The molecule has 2 atom stereocenters. The molecule has 2 aliphatic rings. The summed E-state index contributed by atoms with van der Waals surface area (Å²) in [5.41, 5.74) is 2.42. The molecular weight excluding hydrogens is 468 g/mol. The first-order chi connectivity index (χ1) is 18.1. The molecule has 1 fully saturated rings. The van der Waals surface area contributed by atoms with Crippen LogP contribution >= 0.6 is 0 Å². The van der Waals surface area contributed by atoms with Crippen LogP contribution in [0, 0.1) is 0 Å². The van der Waals surface area contributed by atoms with Gasteiger partial charge in [0.25, 0.3) is 0 Å². The third-order valence-electron chi connectivity index (χ3n) is 7.18. The van der Waals surface area contributed by atoms with Gasteiger partial charge in [0, 0.05) is 19.0 Å². The summed E-state index contributed by atoms with van der Waals surface area (Å²) in [5, 5.41) is 1.78. The largest absolute Gasteiger partial charge is 0.465 e. The van der Waals surface area contributed by atoms with Gasteiger partial charge in [0.1, 0.15) is 11.1 Å². The summed E-state index contributed by atoms with van der Waals surface area (Å²) in [6.07, 6.45) is 0.442. The van der Waals surface area contributed by atoms with Gasteiger partial charge in [-0.15, -0.1) is 5.06 Å². The molecule has 3 aromatic rings. The molecule has 3 aromatic carbocycles. The van der Waals surface area contributed by atoms with Gasteiger partial charge >= 0.3 is 11.9 Å². The Morgan fingerprint density at radius 2 is 1.41 bits per heavy atom. The highest BCUT2D eigenvalue weighted by Gasteiger charge is 2.61. The van der Waals surface area contributed by atoms with Crippen molar-refractivity contribution in [3.8, 4) is 0 Å². The van der Waals surface area contributed by atoms with Gasteiger partial charge in [-0.2, -0.15) is 0 Å². The fraction of sp³-hybridized carbons (Fsp3) is 0.267. The highest BCUT2D eigenvalue weighted by atomic mass is 16.7. The Morgan fingerprint density at radius 3 is 2.00 bits per heavy atom. The highest BCUT2D eigenvalue weighted by Crippen LogP contribution is 2.51. The summed E-state index contributed by atoms with van der Waals surface area (Å²) < 4.78 is 10.3. The number of carbonyl (C=O) groups is 2. The van der Waals surface area contributed by atoms with Crippen molar-refractivity contribution in [1.29, 1.82) is 0 Å². The van der Waals surface area contributed by atoms with Gasteiger partial charge < -0.3 is 14.3 Å². The van der Waals surface area contributed by atoms with E-state index in [-0.39, 0.29) is 17.3 Å². The van der Waals surface area contributed by atoms with Crippen LogP contribution in [0.2, 0.25) is 0 Å². The zero-order valence-electron chi connectivity index (χ0n) is 21.0. The quantitative estimate of drug-likeness (QED) is 0.455. The molecule has 0 saturated carbocycles. The van der Waals surface area contributed by atoms with Gasteiger partial charge in [-0.05, 0) is 23.1 Å². The predicted octanol–water partition coefficient (Wildman–Crippen LogP) is 4.07. The van der Waals surface area contributed by atoms with Crippen LogP contribution in [-0.2, 0) is 36.9 Å². The summed E-state index contributed by atoms with van der Waals surface area (Å²) in [5.74, 6) is -1.64. The van der Waals surface area contributed by atoms with E-state index in [1.807, 2.05) is 66.7 Å². The minimum absolute atomic E-state index is 0.118. The molecule has 0 bridgehead atoms. The molecule has 0 radical (unpaired) electrons. The Morgan fingerprint density at radius 1 is 0.838 bits per heavy atom. The van der Waals surface area contributed by atoms with Gasteiger partial charge in [-0.3, -0.25) is 4.90 Å². The number of methoxy groups -OCH3 is 2. The number of nitrogens with zero attached hydrogens (tertiary/aromatic N) is 2. The first-order valence-electron chi connectivity index (χ1n) is 12.3. The SMILES string of the molecule is COC(=O)C1=C(C(=O)OC)C2(Cc3ccccc3)C(c3ccccc3)CN(Cc3ccccc3)CN2O1. The molecule has 0 spiro atoms. The molecule has 190 valence electrons. The maximum atomic E-state index is 13.4. The number of carbonyl (C=O) groups excluding carboxylic acids is 2. The van der Waals surface area contributed by atoms with Gasteiger partial charge in [-0.25, -0.2) is 9.59 Å². The van der Waals surface area contributed by atoms with Crippen LogP contribution in [0.5, 0.6) is 0 Å². The Balaban J connectivity index is 1.69. The minimum Gasteiger partial charge on any atom is -0.465 e. The topological polar surface area (TPSA) is 68.3 Å². The molecule has 1 saturated heterocycles. The van der Waals surface area contributed by atoms with Gasteiger partial charge in [-0.1, -0.05) is 91.0 Å². The molecule has 2 heterocycles. The number of hydroxylamine groups is 2. The summed E-state index contributed by atoms with van der Waals surface area (Å²) in [4.78, 5) is 34.9. The van der Waals surface area contributed by atoms with Crippen molar-refractivity contribution in [2.45, 2.75) is 24.4 Å². The zero-order valence-corrected chi connectivity index (χ0v) is 21.0. The van der Waals surface area contributed by atoms with E-state index < -0.39 is 17.5 Å². The van der Waals surface area contributed by atoms with Crippen LogP contribution in [0.25, 0.3) is 0 Å². The van der Waals surface area contributed by atoms with Crippen LogP contribution in [0.4, 0.5) is 0 Å². The Hall–Kier alpha value is -3.94. The number of ether oxygens (including phenoxy) is 2. The van der Waals surface area contributed by atoms with E-state index in [1.165, 1.54) is 19.8 Å². The molecule has 7 heteroatoms. The number of rotatable bonds is 7. The lowest BCUT2D eigenvalue weighted by Crippen LogP contribution is -2.63. The van der Waals surface area contributed by atoms with Crippen molar-refractivity contribution >= 4 is 11.9 Å². The molecule has 5 rings (SSSR count). The Labute approximate surface area is 216 Å². The van der Waals surface area contributed by atoms with E-state index in [1.54, 1.807) is 5.06 Å². The van der Waals surface area contributed by atoms with Crippen LogP contribution in [-0.4, -0.2) is 54.9 Å². The lowest BCUT2D eigenvalue weighted by Gasteiger charge is -2.50. The van der Waals surface area contributed by atoms with Gasteiger partial charge in [0.15, 0.2) is 0 Å². The first kappa shape index (κ1) is 24.7. The van der Waals surface area contributed by atoms with Crippen molar-refractivity contribution in [3.63, 3.8) is 0 Å². The number of hydrogen-bond acceptors (Lipinski definition) is 7. The maximum absolute atomic E-state index is 13.4. The second-order valence-electron chi connectivity index (χ2n) is 9.35. The maximum Gasteiger partial charge on any atom is 0.376 e. The van der Waals surface area contributed by atoms with Crippen LogP contribution < -0.4 is 0 Å². The highest BCUT2D eigenvalue weighted by molar-refractivity contribution is 6.01. The normalized spacial score (nSPS) is 21.7. The first-order valence-corrected chi connectivity index (χ1v) is 12.3. The Kier molecular flexibility index (Phi) is 7.08. The monoisotopic (exact) mass is 498 g/mol. The van der Waals surface area contributed by atoms with E-state index in [2.05, 4.69) is 29.2 Å². The second-order valence-corrected chi connectivity index (χ2v) is 9.35. The second kappa shape index (κ2) is 10.6. The lowest BCUT2D eigenvalue weighted by molar-refractivity contribution is -0.215. The molecule has 2 unspecified atom stereocenters. The summed E-state index contributed by atoms with van der Waals surface area (Å²) in [6, 6.07) is 30.2.